The second kappa shape index (κ2) is 7.83. The van der Waals surface area contributed by atoms with Gasteiger partial charge < -0.3 is 0 Å². The molecule has 2 nitrogen and oxygen atoms in total. The molecular weight excluding hydrogens is 549 g/mol. The third-order valence-corrected chi connectivity index (χ3v) is 6.52. The first-order valence-electron chi connectivity index (χ1n) is 8.35. The van der Waals surface area contributed by atoms with Crippen molar-refractivity contribution in [2.24, 2.45) is 0 Å². The summed E-state index contributed by atoms with van der Waals surface area (Å²) in [6.45, 7) is 0. The van der Waals surface area contributed by atoms with Crippen LogP contribution in [-0.4, -0.2) is 9.97 Å². The van der Waals surface area contributed by atoms with Gasteiger partial charge in [0, 0.05) is 52.7 Å². The van der Waals surface area contributed by atoms with Crippen LogP contribution in [0.2, 0.25) is 0 Å². The molecule has 0 atom stereocenters. The molecule has 6 rings (SSSR count). The standard InChI is InChI=1S/2C11H7NS.Ir/c2*1-2-5-9-8(4-1)11-10(13-9)6-3-7-12-11;/h2*1-7H;. The number of benzene rings is 2. The van der Waals surface area contributed by atoms with Gasteiger partial charge in [0.1, 0.15) is 0 Å². The number of aromatic nitrogens is 2. The van der Waals surface area contributed by atoms with Crippen LogP contribution in [0.3, 0.4) is 0 Å². The summed E-state index contributed by atoms with van der Waals surface area (Å²) >= 11 is 3.60. The first-order valence-corrected chi connectivity index (χ1v) is 9.98. The van der Waals surface area contributed by atoms with E-state index in [1.54, 1.807) is 22.7 Å². The summed E-state index contributed by atoms with van der Waals surface area (Å²) in [5.74, 6) is 0. The van der Waals surface area contributed by atoms with Gasteiger partial charge in [0.25, 0.3) is 0 Å². The van der Waals surface area contributed by atoms with E-state index in [-0.39, 0.29) is 20.1 Å². The molecule has 0 aliphatic heterocycles. The molecule has 4 heterocycles. The zero-order valence-electron chi connectivity index (χ0n) is 14.1. The van der Waals surface area contributed by atoms with E-state index < -0.39 is 0 Å². The van der Waals surface area contributed by atoms with Gasteiger partial charge in [-0.15, -0.1) is 22.7 Å². The number of pyridine rings is 2. The Kier molecular flexibility index (Phi) is 5.28. The quantitative estimate of drug-likeness (QED) is 0.201. The molecule has 0 amide bonds. The van der Waals surface area contributed by atoms with Gasteiger partial charge in [0.05, 0.1) is 20.4 Å². The second-order valence-corrected chi connectivity index (χ2v) is 8.06. The average molecular weight is 563 g/mol. The Balaban J connectivity index is 0.000000129. The van der Waals surface area contributed by atoms with E-state index >= 15 is 0 Å². The SMILES string of the molecule is [Ir].c1ccc2c(c1)sc1cccnc12.c1ccc2c(c1)sc1cccnc12. The van der Waals surface area contributed by atoms with Crippen molar-refractivity contribution in [2.45, 2.75) is 0 Å². The van der Waals surface area contributed by atoms with Crippen molar-refractivity contribution in [3.63, 3.8) is 0 Å². The van der Waals surface area contributed by atoms with Crippen LogP contribution in [0, 0.1) is 0 Å². The van der Waals surface area contributed by atoms with Gasteiger partial charge in [-0.05, 0) is 36.4 Å². The third kappa shape index (κ3) is 3.40. The Hall–Kier alpha value is -2.17. The van der Waals surface area contributed by atoms with Gasteiger partial charge in [-0.25, -0.2) is 0 Å². The predicted octanol–water partition coefficient (Wildman–Crippen LogP) is 6.90. The molecule has 5 heteroatoms. The van der Waals surface area contributed by atoms with E-state index in [0.29, 0.717) is 0 Å². The maximum atomic E-state index is 4.38. The molecule has 0 spiro atoms. The van der Waals surface area contributed by atoms with Crippen LogP contribution in [0.15, 0.2) is 85.2 Å². The molecule has 6 aromatic rings. The first-order chi connectivity index (χ1) is 12.9. The summed E-state index contributed by atoms with van der Waals surface area (Å²) in [5.41, 5.74) is 2.26. The second-order valence-electron chi connectivity index (χ2n) is 5.90. The van der Waals surface area contributed by atoms with Gasteiger partial charge in [-0.3, -0.25) is 9.97 Å². The topological polar surface area (TPSA) is 25.8 Å². The fourth-order valence-electron chi connectivity index (χ4n) is 3.09. The first kappa shape index (κ1) is 18.2. The minimum atomic E-state index is 0. The fraction of sp³-hybridized carbons (Fsp3) is 0. The Bertz CT molecular complexity index is 1150. The van der Waals surface area contributed by atoms with Crippen molar-refractivity contribution in [3.05, 3.63) is 85.2 Å². The fourth-order valence-corrected chi connectivity index (χ4v) is 5.22. The van der Waals surface area contributed by atoms with Crippen LogP contribution in [0.1, 0.15) is 0 Å². The molecule has 0 N–H and O–H groups in total. The molecule has 2 aromatic carbocycles. The molecule has 4 aromatic heterocycles. The molecule has 0 fully saturated rings. The van der Waals surface area contributed by atoms with Crippen LogP contribution in [0.4, 0.5) is 0 Å². The van der Waals surface area contributed by atoms with E-state index in [4.69, 9.17) is 0 Å². The van der Waals surface area contributed by atoms with Gasteiger partial charge in [0.15, 0.2) is 0 Å². The van der Waals surface area contributed by atoms with Crippen molar-refractivity contribution in [1.82, 2.24) is 9.97 Å². The molecule has 0 saturated carbocycles. The molecule has 0 saturated heterocycles. The van der Waals surface area contributed by atoms with Gasteiger partial charge in [0.2, 0.25) is 0 Å². The molecule has 0 unspecified atom stereocenters. The van der Waals surface area contributed by atoms with Crippen LogP contribution in [0.5, 0.6) is 0 Å². The van der Waals surface area contributed by atoms with Gasteiger partial charge in [-0.1, -0.05) is 36.4 Å². The Morgan fingerprint density at radius 3 is 1.37 bits per heavy atom. The minimum Gasteiger partial charge on any atom is -0.255 e. The van der Waals surface area contributed by atoms with E-state index in [1.165, 1.54) is 29.6 Å². The van der Waals surface area contributed by atoms with Crippen molar-refractivity contribution in [1.29, 1.82) is 0 Å². The number of nitrogens with zero attached hydrogens (tertiary/aromatic N) is 2. The number of thiophene rings is 2. The van der Waals surface area contributed by atoms with Crippen molar-refractivity contribution >= 4 is 63.3 Å². The summed E-state index contributed by atoms with van der Waals surface area (Å²) < 4.78 is 5.17. The Labute approximate surface area is 177 Å². The number of hydrogen-bond donors (Lipinski definition) is 0. The van der Waals surface area contributed by atoms with E-state index in [1.807, 2.05) is 24.5 Å². The minimum absolute atomic E-state index is 0. The zero-order valence-corrected chi connectivity index (χ0v) is 18.2. The molecule has 27 heavy (non-hydrogen) atoms. The summed E-state index contributed by atoms with van der Waals surface area (Å²) in [6, 6.07) is 25.0. The largest absolute Gasteiger partial charge is 0.255 e. The average Bonchev–Trinajstić information content (AvgIpc) is 3.27. The predicted molar refractivity (Wildman–Crippen MR) is 114 cm³/mol. The van der Waals surface area contributed by atoms with Crippen molar-refractivity contribution in [3.8, 4) is 0 Å². The van der Waals surface area contributed by atoms with Crippen molar-refractivity contribution in [2.75, 3.05) is 0 Å². The molecule has 0 aliphatic carbocycles. The summed E-state index contributed by atoms with van der Waals surface area (Å²) in [7, 11) is 0. The monoisotopic (exact) mass is 563 g/mol. The number of fused-ring (bicyclic) bond motifs is 6. The Morgan fingerprint density at radius 1 is 0.481 bits per heavy atom. The van der Waals surface area contributed by atoms with Crippen LogP contribution in [0.25, 0.3) is 40.6 Å². The maximum absolute atomic E-state index is 4.38. The molecule has 1 radical (unpaired) electrons. The van der Waals surface area contributed by atoms with Crippen LogP contribution < -0.4 is 0 Å². The zero-order chi connectivity index (χ0) is 17.3. The maximum Gasteiger partial charge on any atom is 0.0888 e. The molecule has 0 bridgehead atoms. The van der Waals surface area contributed by atoms with Gasteiger partial charge in [-0.2, -0.15) is 0 Å². The third-order valence-electron chi connectivity index (χ3n) is 4.27. The Morgan fingerprint density at radius 2 is 0.889 bits per heavy atom. The molecular formula is C22H14IrN2S2. The summed E-state index contributed by atoms with van der Waals surface area (Å²) in [6.07, 6.45) is 3.70. The smallest absolute Gasteiger partial charge is 0.0888 e. The normalized spacial score (nSPS) is 10.7. The summed E-state index contributed by atoms with van der Waals surface area (Å²) in [5, 5.41) is 2.53. The van der Waals surface area contributed by atoms with E-state index in [9.17, 15) is 0 Å². The summed E-state index contributed by atoms with van der Waals surface area (Å²) in [4.78, 5) is 8.76. The molecule has 0 aliphatic rings. The molecule has 133 valence electrons. The van der Waals surface area contributed by atoms with Crippen molar-refractivity contribution < 1.29 is 20.1 Å². The van der Waals surface area contributed by atoms with E-state index in [2.05, 4.69) is 70.6 Å². The van der Waals surface area contributed by atoms with Gasteiger partial charge >= 0.3 is 0 Å². The van der Waals surface area contributed by atoms with Crippen LogP contribution in [-0.2, 0) is 20.1 Å². The van der Waals surface area contributed by atoms with Crippen LogP contribution >= 0.6 is 22.7 Å². The number of rotatable bonds is 0. The van der Waals surface area contributed by atoms with E-state index in [0.717, 1.165) is 11.0 Å². The number of hydrogen-bond acceptors (Lipinski definition) is 4.